The lowest BCUT2D eigenvalue weighted by Gasteiger charge is -2.36. The smallest absolute Gasteiger partial charge is 0.191 e. The zero-order valence-corrected chi connectivity index (χ0v) is 22.6. The van der Waals surface area contributed by atoms with Crippen LogP contribution in [0.4, 0.5) is 5.82 Å². The van der Waals surface area contributed by atoms with E-state index in [4.69, 9.17) is 14.7 Å². The summed E-state index contributed by atoms with van der Waals surface area (Å²) in [6.07, 6.45) is 3.25. The average Bonchev–Trinajstić information content (AvgIpc) is 3.11. The van der Waals surface area contributed by atoms with Crippen LogP contribution in [0.25, 0.3) is 0 Å². The second kappa shape index (κ2) is 12.9. The van der Waals surface area contributed by atoms with E-state index in [0.29, 0.717) is 6.61 Å². The summed E-state index contributed by atoms with van der Waals surface area (Å²) in [5.41, 5.74) is 1.13. The molecule has 1 fully saturated rings. The number of anilines is 1. The molecule has 2 aromatic rings. The van der Waals surface area contributed by atoms with Crippen LogP contribution in [0.2, 0.25) is 0 Å². The van der Waals surface area contributed by atoms with Crippen molar-refractivity contribution >= 4 is 30.0 Å². The van der Waals surface area contributed by atoms with E-state index >= 15 is 0 Å². The highest BCUT2D eigenvalue weighted by atomic mass is 35.5. The van der Waals surface area contributed by atoms with Crippen molar-refractivity contribution in [1.29, 1.82) is 0 Å². The van der Waals surface area contributed by atoms with E-state index in [9.17, 15) is 0 Å². The van der Waals surface area contributed by atoms with Crippen LogP contribution in [0.15, 0.2) is 11.2 Å². The Balaban J connectivity index is 0.00000385. The maximum absolute atomic E-state index is 5.16. The molecular formula is C23H40ClN7OS. The van der Waals surface area contributed by atoms with Gasteiger partial charge in [-0.15, -0.1) is 22.6 Å². The Morgan fingerprint density at radius 3 is 2.45 bits per heavy atom. The zero-order chi connectivity index (χ0) is 23.1. The van der Waals surface area contributed by atoms with Crippen LogP contribution in [0, 0.1) is 0 Å². The molecule has 3 rings (SSSR count). The number of thioether (sulfide) groups is 1. The minimum atomic E-state index is -0.0367. The van der Waals surface area contributed by atoms with Crippen molar-refractivity contribution in [2.24, 2.45) is 7.05 Å². The fraction of sp³-hybridized carbons (Fsp3) is 0.739. The number of hydrogen-bond donors (Lipinski definition) is 0. The minimum Gasteiger partial charge on any atom is -0.377 e. The van der Waals surface area contributed by atoms with Crippen LogP contribution in [0.3, 0.4) is 0 Å². The molecule has 0 N–H and O–H groups in total. The molecule has 1 aliphatic rings. The van der Waals surface area contributed by atoms with Gasteiger partial charge < -0.3 is 14.2 Å². The summed E-state index contributed by atoms with van der Waals surface area (Å²) in [6, 6.07) is 2.20. The molecule has 1 aliphatic heterocycles. The topological polar surface area (TPSA) is 72.2 Å². The number of rotatable bonds is 10. The van der Waals surface area contributed by atoms with Crippen molar-refractivity contribution in [3.63, 3.8) is 0 Å². The van der Waals surface area contributed by atoms with Crippen LogP contribution in [0.5, 0.6) is 0 Å². The Bertz CT molecular complexity index is 863. The number of halogens is 1. The van der Waals surface area contributed by atoms with Crippen molar-refractivity contribution in [3.8, 4) is 0 Å². The number of methoxy groups -OCH3 is 1. The van der Waals surface area contributed by atoms with Crippen molar-refractivity contribution in [1.82, 2.24) is 29.6 Å². The predicted molar refractivity (Wildman–Crippen MR) is 138 cm³/mol. The molecule has 2 aromatic heterocycles. The van der Waals surface area contributed by atoms with Crippen LogP contribution < -0.4 is 4.90 Å². The lowest BCUT2D eigenvalue weighted by atomic mass is 9.95. The largest absolute Gasteiger partial charge is 0.377 e. The number of aromatic nitrogens is 5. The maximum Gasteiger partial charge on any atom is 0.191 e. The third-order valence-electron chi connectivity index (χ3n) is 5.69. The third-order valence-corrected chi connectivity index (χ3v) is 6.79. The van der Waals surface area contributed by atoms with Crippen molar-refractivity contribution < 1.29 is 4.74 Å². The van der Waals surface area contributed by atoms with E-state index in [0.717, 1.165) is 80.4 Å². The second-order valence-corrected chi connectivity index (χ2v) is 10.5. The molecule has 0 aromatic carbocycles. The molecule has 33 heavy (non-hydrogen) atoms. The highest BCUT2D eigenvalue weighted by Gasteiger charge is 2.23. The Hall–Kier alpha value is -1.42. The molecule has 0 spiro atoms. The molecule has 0 amide bonds. The number of hydrogen-bond acceptors (Lipinski definition) is 8. The van der Waals surface area contributed by atoms with Gasteiger partial charge in [-0.3, -0.25) is 4.90 Å². The molecule has 0 saturated carbocycles. The third kappa shape index (κ3) is 7.80. The van der Waals surface area contributed by atoms with Gasteiger partial charge in [-0.1, -0.05) is 45.9 Å². The summed E-state index contributed by atoms with van der Waals surface area (Å²) in [7, 11) is 3.68. The molecule has 0 bridgehead atoms. The van der Waals surface area contributed by atoms with E-state index < -0.39 is 0 Å². The predicted octanol–water partition coefficient (Wildman–Crippen LogP) is 3.73. The van der Waals surface area contributed by atoms with Gasteiger partial charge in [0.1, 0.15) is 18.2 Å². The van der Waals surface area contributed by atoms with Gasteiger partial charge in [-0.2, -0.15) is 0 Å². The summed E-state index contributed by atoms with van der Waals surface area (Å²) < 4.78 is 7.18. The number of piperazine rings is 1. The molecule has 3 heterocycles. The fourth-order valence-electron chi connectivity index (χ4n) is 3.74. The molecule has 186 valence electrons. The lowest BCUT2D eigenvalue weighted by molar-refractivity contribution is 0.174. The first kappa shape index (κ1) is 27.8. The normalized spacial score (nSPS) is 15.0. The van der Waals surface area contributed by atoms with E-state index in [1.165, 1.54) is 5.69 Å². The molecule has 0 radical (unpaired) electrons. The summed E-state index contributed by atoms with van der Waals surface area (Å²) in [4.78, 5) is 14.8. The number of aryl methyl sites for hydroxylation is 1. The van der Waals surface area contributed by atoms with E-state index in [1.54, 1.807) is 18.9 Å². The van der Waals surface area contributed by atoms with Crippen LogP contribution in [0.1, 0.15) is 57.9 Å². The number of nitrogens with zero attached hydrogens (tertiary/aromatic N) is 7. The van der Waals surface area contributed by atoms with Gasteiger partial charge in [-0.05, 0) is 19.4 Å². The SMILES string of the molecule is CCCc1cc(N2CCN(CCCSc3nnc(COC)n3C)CC2)nc(C(C)(C)C)n1.Cl. The van der Waals surface area contributed by atoms with Crippen LogP contribution in [-0.2, 0) is 30.2 Å². The lowest BCUT2D eigenvalue weighted by Crippen LogP contribution is -2.47. The summed E-state index contributed by atoms with van der Waals surface area (Å²) in [6.45, 7) is 14.6. The zero-order valence-electron chi connectivity index (χ0n) is 21.0. The second-order valence-electron chi connectivity index (χ2n) is 9.46. The average molecular weight is 498 g/mol. The monoisotopic (exact) mass is 497 g/mol. The number of ether oxygens (including phenoxy) is 1. The maximum atomic E-state index is 5.16. The molecule has 0 aliphatic carbocycles. The molecule has 8 nitrogen and oxygen atoms in total. The highest BCUT2D eigenvalue weighted by molar-refractivity contribution is 7.99. The standard InChI is InChI=1S/C23H39N7OS.ClH/c1-7-9-18-16-19(25-21(24-18)23(2,3)4)30-13-11-29(12-14-30)10-8-15-32-22-27-26-20(17-31-6)28(22)5;/h16H,7-15,17H2,1-6H3;1H. The van der Waals surface area contributed by atoms with Gasteiger partial charge >= 0.3 is 0 Å². The molecule has 10 heteroatoms. The molecule has 0 atom stereocenters. The summed E-state index contributed by atoms with van der Waals surface area (Å²) in [5, 5.41) is 9.42. The Morgan fingerprint density at radius 1 is 1.09 bits per heavy atom. The first-order chi connectivity index (χ1) is 15.3. The van der Waals surface area contributed by atoms with Gasteiger partial charge in [0.15, 0.2) is 11.0 Å². The van der Waals surface area contributed by atoms with Gasteiger partial charge in [0.2, 0.25) is 0 Å². The first-order valence-electron chi connectivity index (χ1n) is 11.7. The van der Waals surface area contributed by atoms with Gasteiger partial charge in [-0.25, -0.2) is 9.97 Å². The van der Waals surface area contributed by atoms with Gasteiger partial charge in [0.25, 0.3) is 0 Å². The quantitative estimate of drug-likeness (QED) is 0.363. The Kier molecular flexibility index (Phi) is 10.9. The highest BCUT2D eigenvalue weighted by Crippen LogP contribution is 2.24. The van der Waals surface area contributed by atoms with Gasteiger partial charge in [0, 0.05) is 63.3 Å². The van der Waals surface area contributed by atoms with Crippen molar-refractivity contribution in [3.05, 3.63) is 23.4 Å². The van der Waals surface area contributed by atoms with Gasteiger partial charge in [0.05, 0.1) is 0 Å². The van der Waals surface area contributed by atoms with Crippen LogP contribution >= 0.6 is 24.2 Å². The summed E-state index contributed by atoms with van der Waals surface area (Å²) in [5.74, 6) is 3.96. The van der Waals surface area contributed by atoms with E-state index in [1.807, 2.05) is 11.6 Å². The van der Waals surface area contributed by atoms with Crippen LogP contribution in [-0.4, -0.2) is 75.2 Å². The van der Waals surface area contributed by atoms with Crippen molar-refractivity contribution in [2.45, 2.75) is 64.1 Å². The fourth-order valence-corrected chi connectivity index (χ4v) is 4.60. The Morgan fingerprint density at radius 2 is 1.82 bits per heavy atom. The van der Waals surface area contributed by atoms with E-state index in [-0.39, 0.29) is 17.8 Å². The molecular weight excluding hydrogens is 458 g/mol. The molecule has 0 unspecified atom stereocenters. The summed E-state index contributed by atoms with van der Waals surface area (Å²) >= 11 is 1.77. The minimum absolute atomic E-state index is 0. The van der Waals surface area contributed by atoms with Crippen molar-refractivity contribution in [2.75, 3.05) is 50.5 Å². The Labute approximate surface area is 209 Å². The first-order valence-corrected chi connectivity index (χ1v) is 12.7. The molecule has 1 saturated heterocycles. The van der Waals surface area contributed by atoms with E-state index in [2.05, 4.69) is 53.8 Å².